The second kappa shape index (κ2) is 7.58. The molecule has 0 bridgehead atoms. The first-order valence-electron chi connectivity index (χ1n) is 8.06. The standard InChI is InChI=1S/C22H20O3/c1-25-20-14-18(10-7-16-5-3-2-4-6-16)21(22(24)15-20)13-17-8-11-19(23)12-9-17/h2-12,14-15,23-24H,13H2,1H3/b10-7+. The van der Waals surface area contributed by atoms with Gasteiger partial charge in [0, 0.05) is 18.1 Å². The van der Waals surface area contributed by atoms with Gasteiger partial charge in [-0.25, -0.2) is 0 Å². The Balaban J connectivity index is 1.98. The Morgan fingerprint density at radius 3 is 2.28 bits per heavy atom. The van der Waals surface area contributed by atoms with Gasteiger partial charge in [0.05, 0.1) is 7.11 Å². The lowest BCUT2D eigenvalue weighted by atomic mass is 9.97. The highest BCUT2D eigenvalue weighted by Gasteiger charge is 2.10. The number of ether oxygens (including phenoxy) is 1. The Morgan fingerprint density at radius 1 is 0.880 bits per heavy atom. The van der Waals surface area contributed by atoms with E-state index in [9.17, 15) is 10.2 Å². The quantitative estimate of drug-likeness (QED) is 0.656. The summed E-state index contributed by atoms with van der Waals surface area (Å²) in [6, 6.07) is 20.5. The molecule has 0 saturated carbocycles. The van der Waals surface area contributed by atoms with Gasteiger partial charge in [-0.15, -0.1) is 0 Å². The molecule has 3 nitrogen and oxygen atoms in total. The van der Waals surface area contributed by atoms with Crippen molar-refractivity contribution in [1.29, 1.82) is 0 Å². The molecule has 0 unspecified atom stereocenters. The summed E-state index contributed by atoms with van der Waals surface area (Å²) in [4.78, 5) is 0. The van der Waals surface area contributed by atoms with E-state index in [2.05, 4.69) is 0 Å². The lowest BCUT2D eigenvalue weighted by molar-refractivity contribution is 0.406. The molecule has 0 fully saturated rings. The van der Waals surface area contributed by atoms with Crippen molar-refractivity contribution < 1.29 is 14.9 Å². The molecule has 0 saturated heterocycles. The predicted molar refractivity (Wildman–Crippen MR) is 101 cm³/mol. The number of phenols is 2. The van der Waals surface area contributed by atoms with Crippen LogP contribution in [0.2, 0.25) is 0 Å². The maximum Gasteiger partial charge on any atom is 0.123 e. The van der Waals surface area contributed by atoms with Gasteiger partial charge in [0.15, 0.2) is 0 Å². The lowest BCUT2D eigenvalue weighted by Gasteiger charge is -2.12. The summed E-state index contributed by atoms with van der Waals surface area (Å²) in [5.41, 5.74) is 3.81. The van der Waals surface area contributed by atoms with Crippen LogP contribution in [0.15, 0.2) is 66.7 Å². The van der Waals surface area contributed by atoms with Crippen LogP contribution in [0.5, 0.6) is 17.2 Å². The van der Waals surface area contributed by atoms with Crippen molar-refractivity contribution in [3.8, 4) is 17.2 Å². The van der Waals surface area contributed by atoms with Crippen molar-refractivity contribution in [2.75, 3.05) is 7.11 Å². The van der Waals surface area contributed by atoms with Gasteiger partial charge >= 0.3 is 0 Å². The molecule has 0 heterocycles. The van der Waals surface area contributed by atoms with Crippen LogP contribution in [0.3, 0.4) is 0 Å². The molecule has 3 rings (SSSR count). The van der Waals surface area contributed by atoms with E-state index in [0.29, 0.717) is 12.2 Å². The van der Waals surface area contributed by atoms with E-state index in [1.165, 1.54) is 0 Å². The highest BCUT2D eigenvalue weighted by Crippen LogP contribution is 2.31. The van der Waals surface area contributed by atoms with Crippen molar-refractivity contribution in [2.24, 2.45) is 0 Å². The number of phenolic OH excluding ortho intramolecular Hbond substituents is 2. The topological polar surface area (TPSA) is 49.7 Å². The summed E-state index contributed by atoms with van der Waals surface area (Å²) in [6.45, 7) is 0. The molecule has 3 heteroatoms. The number of aromatic hydroxyl groups is 2. The highest BCUT2D eigenvalue weighted by atomic mass is 16.5. The van der Waals surface area contributed by atoms with Crippen LogP contribution >= 0.6 is 0 Å². The summed E-state index contributed by atoms with van der Waals surface area (Å²) in [7, 11) is 1.58. The summed E-state index contributed by atoms with van der Waals surface area (Å²) in [5.74, 6) is 1.03. The van der Waals surface area contributed by atoms with Gasteiger partial charge in [0.2, 0.25) is 0 Å². The molecule has 0 aliphatic carbocycles. The zero-order chi connectivity index (χ0) is 17.6. The molecule has 2 N–H and O–H groups in total. The Kier molecular flexibility index (Phi) is 5.05. The molecule has 0 aliphatic heterocycles. The van der Waals surface area contributed by atoms with Gasteiger partial charge in [-0.3, -0.25) is 0 Å². The van der Waals surface area contributed by atoms with Crippen LogP contribution < -0.4 is 4.74 Å². The third kappa shape index (κ3) is 4.21. The first-order chi connectivity index (χ1) is 12.2. The van der Waals surface area contributed by atoms with Crippen molar-refractivity contribution in [1.82, 2.24) is 0 Å². The van der Waals surface area contributed by atoms with E-state index in [4.69, 9.17) is 4.74 Å². The van der Waals surface area contributed by atoms with Gasteiger partial charge in [-0.1, -0.05) is 54.6 Å². The zero-order valence-corrected chi connectivity index (χ0v) is 14.0. The summed E-state index contributed by atoms with van der Waals surface area (Å²) >= 11 is 0. The largest absolute Gasteiger partial charge is 0.508 e. The number of benzene rings is 3. The number of rotatable bonds is 5. The summed E-state index contributed by atoms with van der Waals surface area (Å²) < 4.78 is 5.28. The van der Waals surface area contributed by atoms with Crippen molar-refractivity contribution in [2.45, 2.75) is 6.42 Å². The minimum atomic E-state index is 0.195. The average molecular weight is 332 g/mol. The number of hydrogen-bond donors (Lipinski definition) is 2. The number of methoxy groups -OCH3 is 1. The second-order valence-corrected chi connectivity index (χ2v) is 5.80. The number of hydrogen-bond acceptors (Lipinski definition) is 3. The van der Waals surface area contributed by atoms with E-state index >= 15 is 0 Å². The highest BCUT2D eigenvalue weighted by molar-refractivity contribution is 5.73. The van der Waals surface area contributed by atoms with E-state index in [1.807, 2.05) is 60.7 Å². The van der Waals surface area contributed by atoms with Gasteiger partial charge in [0.1, 0.15) is 17.2 Å². The van der Waals surface area contributed by atoms with Gasteiger partial charge in [-0.2, -0.15) is 0 Å². The average Bonchev–Trinajstić information content (AvgIpc) is 2.64. The van der Waals surface area contributed by atoms with Crippen molar-refractivity contribution in [3.05, 3.63) is 89.0 Å². The van der Waals surface area contributed by atoms with Crippen LogP contribution in [-0.4, -0.2) is 17.3 Å². The molecule has 0 aromatic heterocycles. The van der Waals surface area contributed by atoms with Crippen LogP contribution in [0.1, 0.15) is 22.3 Å². The van der Waals surface area contributed by atoms with E-state index in [0.717, 1.165) is 22.3 Å². The fraction of sp³-hybridized carbons (Fsp3) is 0.0909. The molecular weight excluding hydrogens is 312 g/mol. The molecule has 3 aromatic rings. The van der Waals surface area contributed by atoms with E-state index < -0.39 is 0 Å². The Morgan fingerprint density at radius 2 is 1.60 bits per heavy atom. The summed E-state index contributed by atoms with van der Waals surface area (Å²) in [6.07, 6.45) is 4.55. The van der Waals surface area contributed by atoms with Crippen LogP contribution in [0, 0.1) is 0 Å². The second-order valence-electron chi connectivity index (χ2n) is 5.80. The zero-order valence-electron chi connectivity index (χ0n) is 14.0. The molecule has 3 aromatic carbocycles. The molecule has 0 amide bonds. The van der Waals surface area contributed by atoms with Crippen molar-refractivity contribution >= 4 is 12.2 Å². The van der Waals surface area contributed by atoms with Gasteiger partial charge in [0.25, 0.3) is 0 Å². The SMILES string of the molecule is COc1cc(O)c(Cc2ccc(O)cc2)c(/C=C/c2ccccc2)c1. The first-order valence-corrected chi connectivity index (χ1v) is 8.06. The smallest absolute Gasteiger partial charge is 0.123 e. The summed E-state index contributed by atoms with van der Waals surface area (Å²) in [5, 5.41) is 19.9. The molecule has 0 aliphatic rings. The molecular formula is C22H20O3. The Labute approximate surface area is 147 Å². The fourth-order valence-corrected chi connectivity index (χ4v) is 2.68. The monoisotopic (exact) mass is 332 g/mol. The molecule has 0 atom stereocenters. The van der Waals surface area contributed by atoms with Crippen molar-refractivity contribution in [3.63, 3.8) is 0 Å². The molecule has 126 valence electrons. The maximum absolute atomic E-state index is 10.5. The lowest BCUT2D eigenvalue weighted by Crippen LogP contribution is -1.95. The fourth-order valence-electron chi connectivity index (χ4n) is 2.68. The maximum atomic E-state index is 10.5. The van der Waals surface area contributed by atoms with Crippen LogP contribution in [0.25, 0.3) is 12.2 Å². The third-order valence-corrected chi connectivity index (χ3v) is 4.04. The minimum Gasteiger partial charge on any atom is -0.508 e. The van der Waals surface area contributed by atoms with Gasteiger partial charge < -0.3 is 14.9 Å². The Hall–Kier alpha value is -3.20. The first kappa shape index (κ1) is 16.7. The van der Waals surface area contributed by atoms with E-state index in [1.54, 1.807) is 25.3 Å². The normalized spacial score (nSPS) is 10.9. The molecule has 25 heavy (non-hydrogen) atoms. The van der Waals surface area contributed by atoms with E-state index in [-0.39, 0.29) is 11.5 Å². The predicted octanol–water partition coefficient (Wildman–Crippen LogP) is 4.87. The molecule has 0 spiro atoms. The van der Waals surface area contributed by atoms with Crippen LogP contribution in [0.4, 0.5) is 0 Å². The Bertz CT molecular complexity index is 866. The minimum absolute atomic E-state index is 0.195. The molecule has 0 radical (unpaired) electrons. The third-order valence-electron chi connectivity index (χ3n) is 4.04. The van der Waals surface area contributed by atoms with Crippen LogP contribution in [-0.2, 0) is 6.42 Å². The van der Waals surface area contributed by atoms with Gasteiger partial charge in [-0.05, 0) is 34.9 Å².